The van der Waals surface area contributed by atoms with Gasteiger partial charge in [0.25, 0.3) is 0 Å². The van der Waals surface area contributed by atoms with Gasteiger partial charge in [0.1, 0.15) is 0 Å². The van der Waals surface area contributed by atoms with E-state index in [1.807, 2.05) is 18.2 Å². The average Bonchev–Trinajstić information content (AvgIpc) is 3.20. The number of thiazole rings is 1. The van der Waals surface area contributed by atoms with Crippen LogP contribution >= 0.6 is 11.3 Å². The van der Waals surface area contributed by atoms with Crippen LogP contribution in [0.3, 0.4) is 0 Å². The fraction of sp³-hybridized carbons (Fsp3) is 0.500. The van der Waals surface area contributed by atoms with E-state index in [0.29, 0.717) is 19.0 Å². The molecule has 1 saturated carbocycles. The Balaban J connectivity index is 1.48. The Kier molecular flexibility index (Phi) is 5.45. The van der Waals surface area contributed by atoms with Crippen molar-refractivity contribution in [3.8, 4) is 0 Å². The Hall–Kier alpha value is -1.95. The zero-order valence-electron chi connectivity index (χ0n) is 13.9. The van der Waals surface area contributed by atoms with Crippen LogP contribution in [-0.2, 0) is 9.59 Å². The van der Waals surface area contributed by atoms with Crippen molar-refractivity contribution in [2.45, 2.75) is 38.5 Å². The standard InChI is InChI=1S/C18H23N3O2S/c1-12(22)19-9-4-10-20-17(23)13-7-8-14(11-13)18-21-15-5-2-3-6-16(15)24-18/h2-3,5-6,13-14H,4,7-11H2,1H3,(H,19,22)(H,20,23)/t13-,14+/m1/s1. The number of nitrogens with one attached hydrogen (secondary N) is 2. The maximum Gasteiger partial charge on any atom is 0.223 e. The van der Waals surface area contributed by atoms with Gasteiger partial charge in [-0.25, -0.2) is 4.98 Å². The quantitative estimate of drug-likeness (QED) is 0.791. The normalized spacial score (nSPS) is 20.2. The van der Waals surface area contributed by atoms with Gasteiger partial charge in [-0.1, -0.05) is 12.1 Å². The third-order valence-electron chi connectivity index (χ3n) is 4.49. The van der Waals surface area contributed by atoms with E-state index in [1.165, 1.54) is 11.6 Å². The van der Waals surface area contributed by atoms with Gasteiger partial charge < -0.3 is 10.6 Å². The Labute approximate surface area is 145 Å². The first-order chi connectivity index (χ1) is 11.6. The Morgan fingerprint density at radius 1 is 1.21 bits per heavy atom. The molecular weight excluding hydrogens is 322 g/mol. The highest BCUT2D eigenvalue weighted by atomic mass is 32.1. The number of aromatic nitrogens is 1. The zero-order valence-corrected chi connectivity index (χ0v) is 14.7. The lowest BCUT2D eigenvalue weighted by atomic mass is 10.0. The van der Waals surface area contributed by atoms with Crippen molar-refractivity contribution in [1.29, 1.82) is 0 Å². The third-order valence-corrected chi connectivity index (χ3v) is 5.69. The van der Waals surface area contributed by atoms with Gasteiger partial charge in [-0.3, -0.25) is 9.59 Å². The molecule has 1 fully saturated rings. The summed E-state index contributed by atoms with van der Waals surface area (Å²) in [5, 5.41) is 6.89. The fourth-order valence-corrected chi connectivity index (χ4v) is 4.33. The Morgan fingerprint density at radius 3 is 2.79 bits per heavy atom. The smallest absolute Gasteiger partial charge is 0.223 e. The minimum absolute atomic E-state index is 0.0317. The second kappa shape index (κ2) is 7.75. The number of para-hydroxylation sites is 1. The van der Waals surface area contributed by atoms with E-state index >= 15 is 0 Å². The molecular formula is C18H23N3O2S. The number of rotatable bonds is 6. The SMILES string of the molecule is CC(=O)NCCCNC(=O)[C@@H]1CC[C@H](c2nc3ccccc3s2)C1. The first kappa shape index (κ1) is 16.9. The van der Waals surface area contributed by atoms with Crippen LogP contribution in [0, 0.1) is 5.92 Å². The molecule has 2 amide bonds. The monoisotopic (exact) mass is 345 g/mol. The number of carbonyl (C=O) groups is 2. The molecule has 2 atom stereocenters. The molecule has 1 aromatic heterocycles. The third kappa shape index (κ3) is 4.12. The van der Waals surface area contributed by atoms with E-state index in [0.717, 1.165) is 36.2 Å². The van der Waals surface area contributed by atoms with E-state index in [9.17, 15) is 9.59 Å². The average molecular weight is 345 g/mol. The predicted molar refractivity (Wildman–Crippen MR) is 96.0 cm³/mol. The molecule has 1 heterocycles. The molecule has 1 aromatic carbocycles. The maximum absolute atomic E-state index is 12.3. The number of hydrogen-bond donors (Lipinski definition) is 2. The van der Waals surface area contributed by atoms with E-state index in [-0.39, 0.29) is 17.7 Å². The van der Waals surface area contributed by atoms with Gasteiger partial charge in [0.15, 0.2) is 0 Å². The van der Waals surface area contributed by atoms with Gasteiger partial charge in [-0.15, -0.1) is 11.3 Å². The second-order valence-electron chi connectivity index (χ2n) is 6.35. The summed E-state index contributed by atoms with van der Waals surface area (Å²) in [7, 11) is 0. The summed E-state index contributed by atoms with van der Waals surface area (Å²) in [6, 6.07) is 8.20. The van der Waals surface area contributed by atoms with Gasteiger partial charge >= 0.3 is 0 Å². The van der Waals surface area contributed by atoms with Gasteiger partial charge in [-0.05, 0) is 37.8 Å². The van der Waals surface area contributed by atoms with Crippen molar-refractivity contribution in [2.75, 3.05) is 13.1 Å². The van der Waals surface area contributed by atoms with Crippen molar-refractivity contribution in [2.24, 2.45) is 5.92 Å². The number of carbonyl (C=O) groups excluding carboxylic acids is 2. The van der Waals surface area contributed by atoms with Crippen LogP contribution in [0.5, 0.6) is 0 Å². The summed E-state index contributed by atoms with van der Waals surface area (Å²) < 4.78 is 1.22. The van der Waals surface area contributed by atoms with Gasteiger partial charge in [-0.2, -0.15) is 0 Å². The van der Waals surface area contributed by atoms with Gasteiger partial charge in [0.05, 0.1) is 15.2 Å². The number of hydrogen-bond acceptors (Lipinski definition) is 4. The summed E-state index contributed by atoms with van der Waals surface area (Å²) >= 11 is 1.75. The molecule has 0 radical (unpaired) electrons. The summed E-state index contributed by atoms with van der Waals surface area (Å²) in [5.41, 5.74) is 1.06. The van der Waals surface area contributed by atoms with Crippen LogP contribution in [0.15, 0.2) is 24.3 Å². The van der Waals surface area contributed by atoms with Crippen molar-refractivity contribution >= 4 is 33.4 Å². The molecule has 2 aromatic rings. The van der Waals surface area contributed by atoms with Crippen LogP contribution in [-0.4, -0.2) is 29.9 Å². The Morgan fingerprint density at radius 2 is 2.00 bits per heavy atom. The molecule has 6 heteroatoms. The molecule has 128 valence electrons. The van der Waals surface area contributed by atoms with Crippen LogP contribution in [0.2, 0.25) is 0 Å². The maximum atomic E-state index is 12.3. The number of benzene rings is 1. The lowest BCUT2D eigenvalue weighted by Gasteiger charge is -2.11. The number of amides is 2. The van der Waals surface area contributed by atoms with Crippen LogP contribution < -0.4 is 10.6 Å². The highest BCUT2D eigenvalue weighted by Crippen LogP contribution is 2.41. The molecule has 2 N–H and O–H groups in total. The van der Waals surface area contributed by atoms with Crippen molar-refractivity contribution in [1.82, 2.24) is 15.6 Å². The van der Waals surface area contributed by atoms with Gasteiger partial charge in [0.2, 0.25) is 11.8 Å². The molecule has 0 unspecified atom stereocenters. The summed E-state index contributed by atoms with van der Waals surface area (Å²) in [4.78, 5) is 27.8. The number of fused-ring (bicyclic) bond motifs is 1. The highest BCUT2D eigenvalue weighted by molar-refractivity contribution is 7.18. The van der Waals surface area contributed by atoms with Crippen LogP contribution in [0.25, 0.3) is 10.2 Å². The molecule has 0 bridgehead atoms. The molecule has 24 heavy (non-hydrogen) atoms. The van der Waals surface area contributed by atoms with Crippen LogP contribution in [0.1, 0.15) is 43.5 Å². The summed E-state index contributed by atoms with van der Waals surface area (Å²) in [6.07, 6.45) is 3.61. The molecule has 1 aliphatic carbocycles. The number of nitrogens with zero attached hydrogens (tertiary/aromatic N) is 1. The first-order valence-corrected chi connectivity index (χ1v) is 9.33. The van der Waals surface area contributed by atoms with Crippen molar-refractivity contribution in [3.63, 3.8) is 0 Å². The molecule has 0 aliphatic heterocycles. The lowest BCUT2D eigenvalue weighted by molar-refractivity contribution is -0.124. The minimum Gasteiger partial charge on any atom is -0.356 e. The largest absolute Gasteiger partial charge is 0.356 e. The van der Waals surface area contributed by atoms with Gasteiger partial charge in [0, 0.05) is 31.8 Å². The minimum atomic E-state index is -0.0317. The van der Waals surface area contributed by atoms with Crippen LogP contribution in [0.4, 0.5) is 0 Å². The summed E-state index contributed by atoms with van der Waals surface area (Å²) in [5.74, 6) is 0.595. The van der Waals surface area contributed by atoms with Crippen molar-refractivity contribution in [3.05, 3.63) is 29.3 Å². The topological polar surface area (TPSA) is 71.1 Å². The first-order valence-electron chi connectivity index (χ1n) is 8.51. The van der Waals surface area contributed by atoms with E-state index in [2.05, 4.69) is 16.7 Å². The highest BCUT2D eigenvalue weighted by Gasteiger charge is 2.32. The van der Waals surface area contributed by atoms with Crippen molar-refractivity contribution < 1.29 is 9.59 Å². The molecule has 1 aliphatic rings. The molecule has 0 spiro atoms. The lowest BCUT2D eigenvalue weighted by Crippen LogP contribution is -2.32. The Bertz CT molecular complexity index is 695. The molecule has 0 saturated heterocycles. The zero-order chi connectivity index (χ0) is 16.9. The molecule has 5 nitrogen and oxygen atoms in total. The van der Waals surface area contributed by atoms with E-state index in [1.54, 1.807) is 11.3 Å². The summed E-state index contributed by atoms with van der Waals surface area (Å²) in [6.45, 7) is 2.72. The molecule has 3 rings (SSSR count). The second-order valence-corrected chi connectivity index (χ2v) is 7.42. The van der Waals surface area contributed by atoms with E-state index in [4.69, 9.17) is 4.98 Å². The predicted octanol–water partition coefficient (Wildman–Crippen LogP) is 2.82. The van der Waals surface area contributed by atoms with E-state index < -0.39 is 0 Å². The fourth-order valence-electron chi connectivity index (χ4n) is 3.22.